The van der Waals surface area contributed by atoms with Crippen molar-refractivity contribution < 1.29 is 33.8 Å². The lowest BCUT2D eigenvalue weighted by atomic mass is 9.97. The molecule has 1 aliphatic rings. The highest BCUT2D eigenvalue weighted by molar-refractivity contribution is 5.86. The number of allylic oxidation sites excluding steroid dienone is 2. The van der Waals surface area contributed by atoms with Gasteiger partial charge in [-0.1, -0.05) is 91.0 Å². The number of ether oxygens (including phenoxy) is 2. The van der Waals surface area contributed by atoms with Crippen molar-refractivity contribution in [1.82, 2.24) is 16.0 Å². The van der Waals surface area contributed by atoms with Gasteiger partial charge < -0.3 is 30.5 Å². The number of esters is 1. The molecule has 0 saturated carbocycles. The van der Waals surface area contributed by atoms with Crippen molar-refractivity contribution in [3.63, 3.8) is 0 Å². The maximum atomic E-state index is 13.3. The van der Waals surface area contributed by atoms with Crippen LogP contribution < -0.4 is 16.0 Å². The number of hydrogen-bond acceptors (Lipinski definition) is 7. The fourth-order valence-electron chi connectivity index (χ4n) is 6.19. The third-order valence-corrected chi connectivity index (χ3v) is 8.78. The van der Waals surface area contributed by atoms with Crippen molar-refractivity contribution in [2.75, 3.05) is 19.8 Å². The van der Waals surface area contributed by atoms with E-state index >= 15 is 0 Å². The van der Waals surface area contributed by atoms with Crippen LogP contribution in [-0.2, 0) is 30.3 Å². The topological polar surface area (TPSA) is 143 Å². The highest BCUT2D eigenvalue weighted by Crippen LogP contribution is 2.44. The van der Waals surface area contributed by atoms with Crippen LogP contribution in [0, 0.1) is 5.92 Å². The monoisotopic (exact) mass is 695 g/mol. The van der Waals surface area contributed by atoms with E-state index in [-0.39, 0.29) is 50.9 Å². The molecule has 10 nitrogen and oxygen atoms in total. The Morgan fingerprint density at radius 3 is 2.10 bits per heavy atom. The number of fused-ring (bicyclic) bond motifs is 3. The molecule has 3 aromatic rings. The van der Waals surface area contributed by atoms with Gasteiger partial charge in [-0.05, 0) is 67.3 Å². The van der Waals surface area contributed by atoms with Crippen LogP contribution in [0.2, 0.25) is 0 Å². The first-order valence-corrected chi connectivity index (χ1v) is 17.3. The van der Waals surface area contributed by atoms with Crippen LogP contribution >= 0.6 is 0 Å². The Morgan fingerprint density at radius 2 is 1.49 bits per heavy atom. The van der Waals surface area contributed by atoms with Gasteiger partial charge in [-0.3, -0.25) is 9.59 Å². The van der Waals surface area contributed by atoms with Gasteiger partial charge in [-0.25, -0.2) is 9.59 Å². The quantitative estimate of drug-likeness (QED) is 0.0945. The van der Waals surface area contributed by atoms with Gasteiger partial charge in [-0.2, -0.15) is 0 Å². The second kappa shape index (κ2) is 18.7. The molecule has 4 N–H and O–H groups in total. The minimum atomic E-state index is -1.00. The van der Waals surface area contributed by atoms with Gasteiger partial charge in [0, 0.05) is 12.3 Å². The number of carbonyl (C=O) groups is 4. The molecule has 3 atom stereocenters. The molecule has 3 aromatic carbocycles. The molecule has 0 radical (unpaired) electrons. The van der Waals surface area contributed by atoms with E-state index in [0.29, 0.717) is 12.8 Å². The summed E-state index contributed by atoms with van der Waals surface area (Å²) < 4.78 is 11.2. The predicted octanol–water partition coefficient (Wildman–Crippen LogP) is 5.60. The lowest BCUT2D eigenvalue weighted by Gasteiger charge is -2.29. The molecule has 0 heterocycles. The van der Waals surface area contributed by atoms with Gasteiger partial charge in [-0.15, -0.1) is 13.2 Å². The van der Waals surface area contributed by atoms with Crippen LogP contribution in [0.5, 0.6) is 0 Å². The number of aliphatic hydroxyl groups excluding tert-OH is 1. The smallest absolute Gasteiger partial charge is 0.407 e. The van der Waals surface area contributed by atoms with Crippen molar-refractivity contribution in [1.29, 1.82) is 0 Å². The first kappa shape index (κ1) is 38.6. The zero-order valence-corrected chi connectivity index (χ0v) is 29.4. The van der Waals surface area contributed by atoms with Crippen LogP contribution in [0.15, 0.2) is 104 Å². The first-order valence-electron chi connectivity index (χ1n) is 17.3. The number of rotatable bonds is 19. The van der Waals surface area contributed by atoms with E-state index in [0.717, 1.165) is 27.8 Å². The Morgan fingerprint density at radius 1 is 0.863 bits per heavy atom. The fraction of sp³-hybridized carbons (Fsp3) is 0.366. The maximum absolute atomic E-state index is 13.3. The molecule has 3 unspecified atom stereocenters. The number of aliphatic hydroxyl groups is 1. The molecule has 4 rings (SSSR count). The summed E-state index contributed by atoms with van der Waals surface area (Å²) in [7, 11) is 0. The van der Waals surface area contributed by atoms with Gasteiger partial charge in [0.1, 0.15) is 19.3 Å². The largest absolute Gasteiger partial charge is 0.462 e. The van der Waals surface area contributed by atoms with E-state index in [2.05, 4.69) is 41.2 Å². The molecule has 51 heavy (non-hydrogen) atoms. The van der Waals surface area contributed by atoms with Crippen LogP contribution in [0.3, 0.4) is 0 Å². The minimum Gasteiger partial charge on any atom is -0.462 e. The molecular weight excluding hydrogens is 646 g/mol. The average molecular weight is 696 g/mol. The Labute approximate surface area is 300 Å². The zero-order valence-electron chi connectivity index (χ0n) is 29.4. The third kappa shape index (κ3) is 11.1. The molecule has 270 valence electrons. The van der Waals surface area contributed by atoms with E-state index < -0.39 is 41.5 Å². The summed E-state index contributed by atoms with van der Waals surface area (Å²) >= 11 is 0. The summed E-state index contributed by atoms with van der Waals surface area (Å²) in [4.78, 5) is 52.4. The van der Waals surface area contributed by atoms with Gasteiger partial charge in [0.25, 0.3) is 0 Å². The normalized spacial score (nSPS) is 13.8. The van der Waals surface area contributed by atoms with E-state index in [1.54, 1.807) is 26.0 Å². The highest BCUT2D eigenvalue weighted by Gasteiger charge is 2.32. The zero-order chi connectivity index (χ0) is 36.8. The minimum absolute atomic E-state index is 0.0970. The summed E-state index contributed by atoms with van der Waals surface area (Å²) in [6, 6.07) is 24.0. The first-order chi connectivity index (χ1) is 24.5. The summed E-state index contributed by atoms with van der Waals surface area (Å²) in [5.41, 5.74) is 4.33. The van der Waals surface area contributed by atoms with Gasteiger partial charge >= 0.3 is 12.1 Å². The average Bonchev–Trinajstić information content (AvgIpc) is 3.44. The second-order valence-corrected chi connectivity index (χ2v) is 13.4. The van der Waals surface area contributed by atoms with Gasteiger partial charge in [0.2, 0.25) is 11.8 Å². The Kier molecular flexibility index (Phi) is 14.1. The maximum Gasteiger partial charge on any atom is 0.407 e. The molecule has 0 fully saturated rings. The molecule has 0 bridgehead atoms. The van der Waals surface area contributed by atoms with Crippen molar-refractivity contribution >= 4 is 23.9 Å². The molecule has 0 aliphatic heterocycles. The molecule has 3 amide bonds. The summed E-state index contributed by atoms with van der Waals surface area (Å²) in [6.45, 7) is 10.5. The molecule has 0 aromatic heterocycles. The summed E-state index contributed by atoms with van der Waals surface area (Å²) in [6.07, 6.45) is 3.73. The highest BCUT2D eigenvalue weighted by atomic mass is 16.6. The number of hydrogen-bond donors (Lipinski definition) is 4. The van der Waals surface area contributed by atoms with Crippen LogP contribution in [0.1, 0.15) is 62.1 Å². The third-order valence-electron chi connectivity index (χ3n) is 8.78. The molecule has 10 heteroatoms. The van der Waals surface area contributed by atoms with E-state index in [1.807, 2.05) is 66.7 Å². The van der Waals surface area contributed by atoms with Crippen molar-refractivity contribution in [2.45, 2.75) is 69.5 Å². The van der Waals surface area contributed by atoms with Gasteiger partial charge in [0.15, 0.2) is 0 Å². The number of amides is 3. The van der Waals surface area contributed by atoms with Gasteiger partial charge in [0.05, 0.1) is 24.1 Å². The number of nitrogens with one attached hydrogen (secondary N) is 3. The Hall–Kier alpha value is -5.22. The standard InChI is InChI=1S/C41H49N3O7/c1-5-7-22-36(43-40(49)50-26-35-33-20-13-11-18-31(33)32-19-12-14-21-34(32)35)39(48)51-27-41(3,4)44-38(47)29(15-6-2)24-37(46)42-30(25-45)23-28-16-9-8-10-17-28/h5-6,8-14,16-21,29-30,35-36,45H,1-2,7,15,22-27H2,3-4H3,(H,42,46)(H,43,49)(H,44,47). The molecular formula is C41H49N3O7. The lowest BCUT2D eigenvalue weighted by Crippen LogP contribution is -2.51. The van der Waals surface area contributed by atoms with Crippen molar-refractivity contribution in [3.05, 3.63) is 121 Å². The second-order valence-electron chi connectivity index (χ2n) is 13.4. The summed E-state index contributed by atoms with van der Waals surface area (Å²) in [5, 5.41) is 18.2. The van der Waals surface area contributed by atoms with Crippen LogP contribution in [0.4, 0.5) is 4.79 Å². The molecule has 0 spiro atoms. The van der Waals surface area contributed by atoms with Crippen molar-refractivity contribution in [2.24, 2.45) is 5.92 Å². The van der Waals surface area contributed by atoms with Crippen LogP contribution in [0.25, 0.3) is 11.1 Å². The molecule has 0 saturated heterocycles. The Balaban J connectivity index is 1.29. The summed E-state index contributed by atoms with van der Waals surface area (Å²) in [5.74, 6) is -2.32. The van der Waals surface area contributed by atoms with E-state index in [1.165, 1.54) is 0 Å². The number of carbonyl (C=O) groups excluding carboxylic acids is 4. The fourth-order valence-corrected chi connectivity index (χ4v) is 6.19. The SMILES string of the molecule is C=CCCC(NC(=O)OCC1c2ccccc2-c2ccccc21)C(=O)OCC(C)(C)NC(=O)C(CC=C)CC(=O)NC(CO)Cc1ccccc1. The van der Waals surface area contributed by atoms with E-state index in [9.17, 15) is 24.3 Å². The van der Waals surface area contributed by atoms with E-state index in [4.69, 9.17) is 9.47 Å². The van der Waals surface area contributed by atoms with Crippen molar-refractivity contribution in [3.8, 4) is 11.1 Å². The lowest BCUT2D eigenvalue weighted by molar-refractivity contribution is -0.149. The number of benzene rings is 3. The predicted molar refractivity (Wildman–Crippen MR) is 197 cm³/mol. The number of alkyl carbamates (subject to hydrolysis) is 1. The Bertz CT molecular complexity index is 1630. The molecule has 1 aliphatic carbocycles. The van der Waals surface area contributed by atoms with Crippen LogP contribution in [-0.4, -0.2) is 66.4 Å².